The summed E-state index contributed by atoms with van der Waals surface area (Å²) in [5.41, 5.74) is 0. The van der Waals surface area contributed by atoms with Crippen molar-refractivity contribution >= 4 is 39.5 Å². The minimum Gasteiger partial charge on any atom is -0.462 e. The quantitative estimate of drug-likeness (QED) is 0.0169. The lowest BCUT2D eigenvalue weighted by atomic mass is 10.1. The van der Waals surface area contributed by atoms with Crippen molar-refractivity contribution in [3.63, 3.8) is 0 Å². The van der Waals surface area contributed by atoms with Crippen LogP contribution in [0.3, 0.4) is 0 Å². The van der Waals surface area contributed by atoms with Gasteiger partial charge in [0, 0.05) is 19.3 Å². The van der Waals surface area contributed by atoms with E-state index in [1.807, 2.05) is 12.2 Å². The van der Waals surface area contributed by atoms with Gasteiger partial charge in [-0.3, -0.25) is 37.3 Å². The summed E-state index contributed by atoms with van der Waals surface area (Å²) in [5.74, 6) is -2.42. The van der Waals surface area contributed by atoms with E-state index in [1.54, 1.807) is 12.2 Å². The van der Waals surface area contributed by atoms with Crippen LogP contribution in [-0.4, -0.2) is 96.7 Å². The molecule has 0 rings (SSSR count). The zero-order valence-electron chi connectivity index (χ0n) is 61.5. The highest BCUT2D eigenvalue weighted by atomic mass is 31.2. The van der Waals surface area contributed by atoms with Crippen molar-refractivity contribution in [3.05, 3.63) is 170 Å². The average molecular weight is 1440 g/mol. The molecule has 19 heteroatoms. The molecule has 0 aromatic heterocycles. The Balaban J connectivity index is 5.48. The molecule has 566 valence electrons. The van der Waals surface area contributed by atoms with E-state index in [2.05, 4.69) is 174 Å². The first-order valence-corrected chi connectivity index (χ1v) is 40.4. The van der Waals surface area contributed by atoms with E-state index in [-0.39, 0.29) is 25.7 Å². The highest BCUT2D eigenvalue weighted by Gasteiger charge is 2.30. The zero-order valence-corrected chi connectivity index (χ0v) is 63.3. The summed E-state index contributed by atoms with van der Waals surface area (Å²) in [6.07, 6.45) is 83.9. The molecule has 0 aliphatic carbocycles. The van der Waals surface area contributed by atoms with Crippen molar-refractivity contribution in [1.29, 1.82) is 0 Å². The number of esters is 4. The van der Waals surface area contributed by atoms with Crippen LogP contribution in [0.4, 0.5) is 0 Å². The van der Waals surface area contributed by atoms with Gasteiger partial charge in [-0.05, 0) is 135 Å². The molecule has 0 aliphatic rings. The summed E-state index contributed by atoms with van der Waals surface area (Å²) in [4.78, 5) is 72.7. The monoisotopic (exact) mass is 1440 g/mol. The van der Waals surface area contributed by atoms with Gasteiger partial charge in [-0.25, -0.2) is 9.13 Å². The Hall–Kier alpha value is -5.58. The summed E-state index contributed by atoms with van der Waals surface area (Å²) < 4.78 is 68.2. The van der Waals surface area contributed by atoms with Gasteiger partial charge in [0.05, 0.1) is 32.8 Å². The molecule has 3 N–H and O–H groups in total. The fourth-order valence-corrected chi connectivity index (χ4v) is 10.7. The maximum atomic E-state index is 13.1. The number of phosphoric acid groups is 2. The Bertz CT molecular complexity index is 2570. The first-order chi connectivity index (χ1) is 48.7. The number of allylic oxidation sites excluding steroid dienone is 27. The highest BCUT2D eigenvalue weighted by molar-refractivity contribution is 7.47. The van der Waals surface area contributed by atoms with Gasteiger partial charge in [0.1, 0.15) is 19.3 Å². The number of hydrogen-bond donors (Lipinski definition) is 3. The van der Waals surface area contributed by atoms with Crippen LogP contribution in [-0.2, 0) is 65.4 Å². The topological polar surface area (TPSA) is 237 Å². The van der Waals surface area contributed by atoms with E-state index in [0.29, 0.717) is 25.7 Å². The summed E-state index contributed by atoms with van der Waals surface area (Å²) in [6, 6.07) is 0. The minimum atomic E-state index is -5.02. The van der Waals surface area contributed by atoms with Crippen molar-refractivity contribution in [3.8, 4) is 0 Å². The Morgan fingerprint density at radius 3 is 0.910 bits per heavy atom. The van der Waals surface area contributed by atoms with E-state index < -0.39 is 97.5 Å². The van der Waals surface area contributed by atoms with Crippen LogP contribution in [0.1, 0.15) is 259 Å². The molecule has 0 saturated heterocycles. The lowest BCUT2D eigenvalue weighted by Crippen LogP contribution is -2.30. The maximum Gasteiger partial charge on any atom is 0.472 e. The van der Waals surface area contributed by atoms with Crippen LogP contribution in [0.2, 0.25) is 0 Å². The third-order valence-corrected chi connectivity index (χ3v) is 16.6. The normalized spacial score (nSPS) is 14.9. The number of aliphatic hydroxyl groups excluding tert-OH is 1. The molecular formula is C81H130O17P2. The number of carbonyl (C=O) groups excluding carboxylic acids is 4. The lowest BCUT2D eigenvalue weighted by molar-refractivity contribution is -0.161. The third-order valence-electron chi connectivity index (χ3n) is 14.7. The summed E-state index contributed by atoms with van der Waals surface area (Å²) in [6.45, 7) is 4.28. The fourth-order valence-electron chi connectivity index (χ4n) is 9.13. The van der Waals surface area contributed by atoms with Gasteiger partial charge in [0.25, 0.3) is 0 Å². The molecule has 0 radical (unpaired) electrons. The summed E-state index contributed by atoms with van der Waals surface area (Å²) in [7, 11) is -10.0. The number of rotatable bonds is 68. The van der Waals surface area contributed by atoms with Gasteiger partial charge >= 0.3 is 39.5 Å². The van der Waals surface area contributed by atoms with E-state index in [1.165, 1.54) is 38.5 Å². The second kappa shape index (κ2) is 71.8. The van der Waals surface area contributed by atoms with Crippen molar-refractivity contribution in [2.45, 2.75) is 277 Å². The molecule has 0 fully saturated rings. The molecule has 100 heavy (non-hydrogen) atoms. The van der Waals surface area contributed by atoms with Crippen LogP contribution in [0.5, 0.6) is 0 Å². The Kier molecular flexibility index (Phi) is 67.8. The van der Waals surface area contributed by atoms with E-state index in [0.717, 1.165) is 141 Å². The predicted molar refractivity (Wildman–Crippen MR) is 408 cm³/mol. The molecule has 0 bridgehead atoms. The number of aliphatic hydroxyl groups is 1. The van der Waals surface area contributed by atoms with Gasteiger partial charge in [-0.15, -0.1) is 0 Å². The number of phosphoric ester groups is 2. The van der Waals surface area contributed by atoms with Crippen LogP contribution in [0, 0.1) is 0 Å². The first kappa shape index (κ1) is 94.4. The Morgan fingerprint density at radius 2 is 0.560 bits per heavy atom. The van der Waals surface area contributed by atoms with E-state index in [4.69, 9.17) is 37.0 Å². The smallest absolute Gasteiger partial charge is 0.462 e. The van der Waals surface area contributed by atoms with Crippen molar-refractivity contribution < 1.29 is 80.2 Å². The highest BCUT2D eigenvalue weighted by Crippen LogP contribution is 2.45. The molecule has 5 unspecified atom stereocenters. The van der Waals surface area contributed by atoms with Crippen molar-refractivity contribution in [1.82, 2.24) is 0 Å². The van der Waals surface area contributed by atoms with Crippen LogP contribution in [0.25, 0.3) is 0 Å². The van der Waals surface area contributed by atoms with Gasteiger partial charge in [0.15, 0.2) is 12.2 Å². The fraction of sp³-hybridized carbons (Fsp3) is 0.605. The molecule has 0 heterocycles. The Labute approximate surface area is 603 Å². The second-order valence-electron chi connectivity index (χ2n) is 24.1. The number of unbranched alkanes of at least 4 members (excludes halogenated alkanes) is 15. The largest absolute Gasteiger partial charge is 0.472 e. The average Bonchev–Trinajstić information content (AvgIpc) is 0.985. The molecule has 0 saturated carbocycles. The van der Waals surface area contributed by atoms with Gasteiger partial charge in [-0.1, -0.05) is 268 Å². The third kappa shape index (κ3) is 70.8. The molecular weight excluding hydrogens is 1310 g/mol. The SMILES string of the molecule is CC/C=C\C/C=C\C/C=C\C/C=C\C/C=C\CCCCCC(=O)OCC(COP(=O)(O)OCC(O)COP(=O)(O)OCC(COC(=O)CCCC/C=C\C/C=C\C/C=C\C/C=C\CC)OC(=O)CCCCCCCCCCCCC)OC(=O)C/C=C\C/C=C\C/C=C\C/C=C\C/C=C\CC. The molecule has 0 aliphatic heterocycles. The predicted octanol–water partition coefficient (Wildman–Crippen LogP) is 21.4. The number of hydrogen-bond acceptors (Lipinski definition) is 15. The molecule has 5 atom stereocenters. The zero-order chi connectivity index (χ0) is 73.2. The second-order valence-corrected chi connectivity index (χ2v) is 27.0. The Morgan fingerprint density at radius 1 is 0.300 bits per heavy atom. The minimum absolute atomic E-state index is 0.0794. The van der Waals surface area contributed by atoms with Gasteiger partial charge in [0.2, 0.25) is 0 Å². The van der Waals surface area contributed by atoms with Gasteiger partial charge < -0.3 is 33.8 Å². The van der Waals surface area contributed by atoms with E-state index >= 15 is 0 Å². The number of carbonyl (C=O) groups is 4. The van der Waals surface area contributed by atoms with E-state index in [9.17, 15) is 43.2 Å². The van der Waals surface area contributed by atoms with Crippen LogP contribution >= 0.6 is 15.6 Å². The van der Waals surface area contributed by atoms with Crippen molar-refractivity contribution in [2.24, 2.45) is 0 Å². The number of ether oxygens (including phenoxy) is 4. The molecule has 0 spiro atoms. The molecule has 17 nitrogen and oxygen atoms in total. The van der Waals surface area contributed by atoms with Crippen molar-refractivity contribution in [2.75, 3.05) is 39.6 Å². The molecule has 0 aromatic carbocycles. The lowest BCUT2D eigenvalue weighted by Gasteiger charge is -2.21. The maximum absolute atomic E-state index is 13.1. The summed E-state index contributed by atoms with van der Waals surface area (Å²) >= 11 is 0. The first-order valence-electron chi connectivity index (χ1n) is 37.4. The van der Waals surface area contributed by atoms with Crippen LogP contribution in [0.15, 0.2) is 170 Å². The molecule has 0 amide bonds. The summed E-state index contributed by atoms with van der Waals surface area (Å²) in [5, 5.41) is 10.6. The molecule has 0 aromatic rings. The van der Waals surface area contributed by atoms with Crippen LogP contribution < -0.4 is 0 Å². The van der Waals surface area contributed by atoms with Gasteiger partial charge in [-0.2, -0.15) is 0 Å². The standard InChI is InChI=1S/C81H130O17P2/c1-5-9-13-17-21-25-29-32-35-36-37-38-41-43-47-50-54-58-62-66-79(84)92-72-77(98-81(86)68-64-60-56-52-48-44-40-34-31-27-23-19-15-11-7-3)74-96-100(89,90)94-70-75(82)69-93-99(87,88)95-73-76(97-80(85)67-63-59-55-51-45-28-24-20-16-12-8-4)71-91-78(83)65-61-57-53-49-46-42-39-33-30-26-22-18-14-10-6-2/h9-11,13-15,21-23,25-27,32-35,37-40,43,46-49,52,60,64,75-77,82H,5-8,12,16-20,24,28-31,36,41-42,44-45,50-51,53-59,61-63,65-74H2,1-4H3,(H,87,88)(H,89,90)/b13-9-,14-10-,15-11-,25-21-,26-22-,27-23-,35-32-,38-37-,39-33-,40-34-,47-43-,49-46-,52-48-,64-60-.